The lowest BCUT2D eigenvalue weighted by Gasteiger charge is -2.28. The minimum atomic E-state index is -0.0243. The van der Waals surface area contributed by atoms with Crippen LogP contribution < -0.4 is 5.32 Å². The summed E-state index contributed by atoms with van der Waals surface area (Å²) in [7, 11) is 0. The lowest BCUT2D eigenvalue weighted by Crippen LogP contribution is -2.37. The Kier molecular flexibility index (Phi) is 5.38. The molecule has 2 aromatic rings. The Bertz CT molecular complexity index is 504. The van der Waals surface area contributed by atoms with Crippen molar-refractivity contribution >= 4 is 17.2 Å². The van der Waals surface area contributed by atoms with Crippen molar-refractivity contribution in [3.63, 3.8) is 0 Å². The molecule has 0 aliphatic carbocycles. The maximum absolute atomic E-state index is 12.0. The van der Waals surface area contributed by atoms with Gasteiger partial charge in [0, 0.05) is 6.54 Å². The molecule has 0 saturated heterocycles. The van der Waals surface area contributed by atoms with E-state index in [9.17, 15) is 4.79 Å². The molecule has 0 unspecified atom stereocenters. The van der Waals surface area contributed by atoms with E-state index in [2.05, 4.69) is 24.1 Å². The predicted molar refractivity (Wildman–Crippen MR) is 81.0 cm³/mol. The van der Waals surface area contributed by atoms with Gasteiger partial charge in [0.1, 0.15) is 5.76 Å². The van der Waals surface area contributed by atoms with E-state index < -0.39 is 0 Å². The van der Waals surface area contributed by atoms with Gasteiger partial charge in [-0.05, 0) is 36.7 Å². The van der Waals surface area contributed by atoms with Crippen LogP contribution in [0.2, 0.25) is 0 Å². The summed E-state index contributed by atoms with van der Waals surface area (Å²) in [4.78, 5) is 15.0. The van der Waals surface area contributed by atoms with E-state index in [1.54, 1.807) is 6.26 Å². The number of rotatable bonds is 7. The van der Waals surface area contributed by atoms with Gasteiger partial charge in [-0.1, -0.05) is 19.9 Å². The van der Waals surface area contributed by atoms with Crippen molar-refractivity contribution in [1.29, 1.82) is 0 Å². The van der Waals surface area contributed by atoms with Crippen molar-refractivity contribution in [2.24, 2.45) is 0 Å². The second-order valence-electron chi connectivity index (χ2n) is 4.44. The number of thiophene rings is 1. The van der Waals surface area contributed by atoms with Crippen molar-refractivity contribution in [2.45, 2.75) is 19.9 Å². The summed E-state index contributed by atoms with van der Waals surface area (Å²) in [5, 5.41) is 4.90. The zero-order valence-electron chi connectivity index (χ0n) is 11.8. The Morgan fingerprint density at radius 1 is 1.35 bits per heavy atom. The van der Waals surface area contributed by atoms with Crippen molar-refractivity contribution in [2.75, 3.05) is 19.6 Å². The molecule has 0 fully saturated rings. The molecule has 2 rings (SSSR count). The summed E-state index contributed by atoms with van der Waals surface area (Å²) < 4.78 is 5.51. The Morgan fingerprint density at radius 3 is 2.70 bits per heavy atom. The average Bonchev–Trinajstić information content (AvgIpc) is 3.15. The number of carbonyl (C=O) groups is 1. The summed E-state index contributed by atoms with van der Waals surface area (Å²) >= 11 is 1.45. The second kappa shape index (κ2) is 7.26. The van der Waals surface area contributed by atoms with Crippen LogP contribution in [0.25, 0.3) is 0 Å². The highest BCUT2D eigenvalue weighted by Gasteiger charge is 2.21. The first-order valence-corrected chi connectivity index (χ1v) is 7.73. The summed E-state index contributed by atoms with van der Waals surface area (Å²) in [6.45, 7) is 6.60. The zero-order chi connectivity index (χ0) is 14.4. The minimum Gasteiger partial charge on any atom is -0.468 e. The molecule has 0 aliphatic heterocycles. The van der Waals surface area contributed by atoms with Gasteiger partial charge in [0.15, 0.2) is 0 Å². The fraction of sp³-hybridized carbons (Fsp3) is 0.400. The first kappa shape index (κ1) is 14.8. The van der Waals surface area contributed by atoms with Gasteiger partial charge >= 0.3 is 0 Å². The van der Waals surface area contributed by atoms with Crippen LogP contribution in [0.15, 0.2) is 40.3 Å². The molecule has 20 heavy (non-hydrogen) atoms. The van der Waals surface area contributed by atoms with Crippen molar-refractivity contribution in [3.05, 3.63) is 46.5 Å². The molecule has 4 nitrogen and oxygen atoms in total. The van der Waals surface area contributed by atoms with E-state index in [1.165, 1.54) is 11.3 Å². The van der Waals surface area contributed by atoms with E-state index in [-0.39, 0.29) is 11.9 Å². The number of nitrogens with zero attached hydrogens (tertiary/aromatic N) is 1. The molecule has 0 aliphatic rings. The van der Waals surface area contributed by atoms with E-state index in [0.717, 1.165) is 23.7 Å². The Balaban J connectivity index is 2.03. The van der Waals surface area contributed by atoms with Crippen LogP contribution in [0.3, 0.4) is 0 Å². The largest absolute Gasteiger partial charge is 0.468 e. The highest BCUT2D eigenvalue weighted by molar-refractivity contribution is 7.12. The van der Waals surface area contributed by atoms with E-state index in [0.29, 0.717) is 6.54 Å². The number of hydrogen-bond donors (Lipinski definition) is 1. The minimum absolute atomic E-state index is 0.0243. The summed E-state index contributed by atoms with van der Waals surface area (Å²) in [5.74, 6) is 0.865. The normalized spacial score (nSPS) is 12.6. The van der Waals surface area contributed by atoms with Crippen molar-refractivity contribution in [1.82, 2.24) is 10.2 Å². The van der Waals surface area contributed by atoms with Gasteiger partial charge in [0.2, 0.25) is 0 Å². The number of nitrogens with one attached hydrogen (secondary N) is 1. The number of furan rings is 1. The molecule has 1 N–H and O–H groups in total. The van der Waals surface area contributed by atoms with Gasteiger partial charge in [-0.3, -0.25) is 9.69 Å². The van der Waals surface area contributed by atoms with Gasteiger partial charge in [-0.25, -0.2) is 0 Å². The van der Waals surface area contributed by atoms with Crippen LogP contribution in [0.5, 0.6) is 0 Å². The standard InChI is InChI=1S/C15H20N2O2S/c1-3-17(4-2)12(13-7-5-9-19-13)11-16-15(18)14-8-6-10-20-14/h5-10,12H,3-4,11H2,1-2H3,(H,16,18)/t12-/m1/s1. The van der Waals surface area contributed by atoms with Crippen LogP contribution in [0.1, 0.15) is 35.3 Å². The first-order valence-electron chi connectivity index (χ1n) is 6.85. The fourth-order valence-corrected chi connectivity index (χ4v) is 2.88. The highest BCUT2D eigenvalue weighted by atomic mass is 32.1. The quantitative estimate of drug-likeness (QED) is 0.852. The number of likely N-dealkylation sites (N-methyl/N-ethyl adjacent to an activating group) is 1. The average molecular weight is 292 g/mol. The topological polar surface area (TPSA) is 45.5 Å². The van der Waals surface area contributed by atoms with Gasteiger partial charge in [0.05, 0.1) is 17.2 Å². The fourth-order valence-electron chi connectivity index (χ4n) is 2.24. The second-order valence-corrected chi connectivity index (χ2v) is 5.39. The molecule has 108 valence electrons. The van der Waals surface area contributed by atoms with Gasteiger partial charge < -0.3 is 9.73 Å². The molecule has 2 heterocycles. The van der Waals surface area contributed by atoms with Crippen LogP contribution in [0.4, 0.5) is 0 Å². The molecule has 0 spiro atoms. The SMILES string of the molecule is CCN(CC)[C@H](CNC(=O)c1cccs1)c1ccco1. The third-order valence-corrected chi connectivity index (χ3v) is 4.19. The van der Waals surface area contributed by atoms with Crippen LogP contribution in [-0.4, -0.2) is 30.4 Å². The molecule has 0 aromatic carbocycles. The summed E-state index contributed by atoms with van der Waals surface area (Å²) in [6, 6.07) is 7.63. The maximum Gasteiger partial charge on any atom is 0.261 e. The van der Waals surface area contributed by atoms with E-state index in [1.807, 2.05) is 29.6 Å². The lowest BCUT2D eigenvalue weighted by atomic mass is 10.2. The van der Waals surface area contributed by atoms with Crippen LogP contribution >= 0.6 is 11.3 Å². The molecule has 1 amide bonds. The molecule has 0 saturated carbocycles. The molecular formula is C15H20N2O2S. The van der Waals surface area contributed by atoms with Crippen molar-refractivity contribution < 1.29 is 9.21 Å². The highest BCUT2D eigenvalue weighted by Crippen LogP contribution is 2.20. The predicted octanol–water partition coefficient (Wildman–Crippen LogP) is 3.15. The maximum atomic E-state index is 12.0. The summed E-state index contributed by atoms with van der Waals surface area (Å²) in [5.41, 5.74) is 0. The third-order valence-electron chi connectivity index (χ3n) is 3.33. The lowest BCUT2D eigenvalue weighted by molar-refractivity contribution is 0.0934. The Hall–Kier alpha value is -1.59. The molecule has 0 radical (unpaired) electrons. The molecular weight excluding hydrogens is 272 g/mol. The van der Waals surface area contributed by atoms with Crippen LogP contribution in [-0.2, 0) is 0 Å². The Morgan fingerprint density at radius 2 is 2.15 bits per heavy atom. The first-order chi connectivity index (χ1) is 9.76. The van der Waals surface area contributed by atoms with Gasteiger partial charge in [-0.2, -0.15) is 0 Å². The molecule has 2 aromatic heterocycles. The number of hydrogen-bond acceptors (Lipinski definition) is 4. The molecule has 0 bridgehead atoms. The third kappa shape index (κ3) is 3.49. The van der Waals surface area contributed by atoms with Gasteiger partial charge in [-0.15, -0.1) is 11.3 Å². The van der Waals surface area contributed by atoms with Crippen molar-refractivity contribution in [3.8, 4) is 0 Å². The van der Waals surface area contributed by atoms with E-state index in [4.69, 9.17) is 4.42 Å². The van der Waals surface area contributed by atoms with Crippen LogP contribution in [0, 0.1) is 0 Å². The summed E-state index contributed by atoms with van der Waals surface area (Å²) in [6.07, 6.45) is 1.67. The number of amides is 1. The Labute approximate surface area is 123 Å². The smallest absolute Gasteiger partial charge is 0.261 e. The van der Waals surface area contributed by atoms with E-state index >= 15 is 0 Å². The molecule has 1 atom stereocenters. The monoisotopic (exact) mass is 292 g/mol. The molecule has 5 heteroatoms. The van der Waals surface area contributed by atoms with Gasteiger partial charge in [0.25, 0.3) is 5.91 Å². The number of carbonyl (C=O) groups excluding carboxylic acids is 1. The zero-order valence-corrected chi connectivity index (χ0v) is 12.7.